The lowest BCUT2D eigenvalue weighted by atomic mass is 10.2. The molecule has 3 rings (SSSR count). The number of nitrogens with zero attached hydrogens (tertiary/aromatic N) is 2. The molecule has 3 amide bonds. The first-order chi connectivity index (χ1) is 12.5. The number of imide groups is 1. The largest absolute Gasteiger partial charge is 0.338 e. The van der Waals surface area contributed by atoms with E-state index in [-0.39, 0.29) is 17.4 Å². The number of aromatic nitrogens is 2. The first-order valence-corrected chi connectivity index (χ1v) is 9.66. The van der Waals surface area contributed by atoms with Crippen LogP contribution < -0.4 is 16.2 Å². The summed E-state index contributed by atoms with van der Waals surface area (Å²) in [6.45, 7) is 4.45. The van der Waals surface area contributed by atoms with E-state index >= 15 is 0 Å². The van der Waals surface area contributed by atoms with Crippen molar-refractivity contribution in [1.29, 1.82) is 0 Å². The van der Waals surface area contributed by atoms with Crippen LogP contribution in [0.25, 0.3) is 10.9 Å². The maximum Gasteiger partial charge on any atom is 0.321 e. The lowest BCUT2D eigenvalue weighted by Gasteiger charge is -2.12. The predicted octanol–water partition coefficient (Wildman–Crippen LogP) is 2.31. The SMILES string of the molecule is CC(C)CNC(=O)NC(=O)CSc1nc2ccccc2c(=O)n1C1CC1. The molecular weight excluding hydrogens is 352 g/mol. The quantitative estimate of drug-likeness (QED) is 0.598. The average Bonchev–Trinajstić information content (AvgIpc) is 3.43. The molecule has 0 atom stereocenters. The zero-order valence-corrected chi connectivity index (χ0v) is 15.6. The van der Waals surface area contributed by atoms with Crippen LogP contribution in [0.3, 0.4) is 0 Å². The number of urea groups is 1. The van der Waals surface area contributed by atoms with Gasteiger partial charge in [0.15, 0.2) is 5.16 Å². The lowest BCUT2D eigenvalue weighted by molar-refractivity contribution is -0.117. The van der Waals surface area contributed by atoms with Gasteiger partial charge in [0.2, 0.25) is 5.91 Å². The fraction of sp³-hybridized carbons (Fsp3) is 0.444. The number of carbonyl (C=O) groups is 2. The van der Waals surface area contributed by atoms with E-state index < -0.39 is 11.9 Å². The molecule has 0 spiro atoms. The van der Waals surface area contributed by atoms with E-state index in [1.807, 2.05) is 26.0 Å². The van der Waals surface area contributed by atoms with Gasteiger partial charge in [0.1, 0.15) is 0 Å². The molecule has 0 radical (unpaired) electrons. The van der Waals surface area contributed by atoms with E-state index in [2.05, 4.69) is 15.6 Å². The molecule has 138 valence electrons. The molecule has 2 aromatic rings. The standard InChI is InChI=1S/C18H22N4O3S/c1-11(2)9-19-17(25)21-15(23)10-26-18-20-14-6-4-3-5-13(14)16(24)22(18)12-7-8-12/h3-6,11-12H,7-10H2,1-2H3,(H2,19,21,23,25). The van der Waals surface area contributed by atoms with Crippen molar-refractivity contribution in [3.63, 3.8) is 0 Å². The Kier molecular flexibility index (Phi) is 5.61. The highest BCUT2D eigenvalue weighted by molar-refractivity contribution is 7.99. The molecule has 1 aliphatic carbocycles. The summed E-state index contributed by atoms with van der Waals surface area (Å²) in [5.74, 6) is -0.0897. The van der Waals surface area contributed by atoms with Crippen LogP contribution in [0.5, 0.6) is 0 Å². The highest BCUT2D eigenvalue weighted by atomic mass is 32.2. The Labute approximate surface area is 155 Å². The van der Waals surface area contributed by atoms with E-state index in [1.165, 1.54) is 11.8 Å². The number of nitrogens with one attached hydrogen (secondary N) is 2. The number of benzene rings is 1. The van der Waals surface area contributed by atoms with Crippen molar-refractivity contribution in [1.82, 2.24) is 20.2 Å². The zero-order valence-electron chi connectivity index (χ0n) is 14.8. The van der Waals surface area contributed by atoms with Crippen molar-refractivity contribution in [2.75, 3.05) is 12.3 Å². The minimum Gasteiger partial charge on any atom is -0.338 e. The third-order valence-electron chi connectivity index (χ3n) is 3.94. The van der Waals surface area contributed by atoms with Crippen molar-refractivity contribution >= 4 is 34.6 Å². The summed E-state index contributed by atoms with van der Waals surface area (Å²) in [5, 5.41) is 6.04. The molecule has 1 heterocycles. The molecule has 26 heavy (non-hydrogen) atoms. The number of hydrogen-bond donors (Lipinski definition) is 2. The van der Waals surface area contributed by atoms with Crippen LogP contribution in [-0.4, -0.2) is 33.8 Å². The Morgan fingerprint density at radius 3 is 2.73 bits per heavy atom. The Morgan fingerprint density at radius 2 is 2.04 bits per heavy atom. The average molecular weight is 374 g/mol. The monoisotopic (exact) mass is 374 g/mol. The number of hydrogen-bond acceptors (Lipinski definition) is 5. The van der Waals surface area contributed by atoms with Crippen molar-refractivity contribution in [3.05, 3.63) is 34.6 Å². The fourth-order valence-corrected chi connectivity index (χ4v) is 3.38. The van der Waals surface area contributed by atoms with Gasteiger partial charge in [-0.3, -0.25) is 19.5 Å². The molecule has 1 aromatic carbocycles. The molecule has 1 aliphatic rings. The number of para-hydroxylation sites is 1. The Hall–Kier alpha value is -2.35. The molecule has 1 saturated carbocycles. The number of thioether (sulfide) groups is 1. The Bertz CT molecular complexity index is 890. The molecular formula is C18H22N4O3S. The summed E-state index contributed by atoms with van der Waals surface area (Å²) in [6.07, 6.45) is 1.88. The third-order valence-corrected chi connectivity index (χ3v) is 4.90. The predicted molar refractivity (Wildman–Crippen MR) is 101 cm³/mol. The molecule has 0 aliphatic heterocycles. The van der Waals surface area contributed by atoms with E-state index in [4.69, 9.17) is 0 Å². The van der Waals surface area contributed by atoms with Crippen LogP contribution in [0.2, 0.25) is 0 Å². The minimum atomic E-state index is -0.504. The summed E-state index contributed by atoms with van der Waals surface area (Å²) in [6, 6.07) is 6.85. The topological polar surface area (TPSA) is 93.1 Å². The number of fused-ring (bicyclic) bond motifs is 1. The summed E-state index contributed by atoms with van der Waals surface area (Å²) in [7, 11) is 0. The van der Waals surface area contributed by atoms with Gasteiger partial charge in [-0.25, -0.2) is 9.78 Å². The highest BCUT2D eigenvalue weighted by Crippen LogP contribution is 2.36. The lowest BCUT2D eigenvalue weighted by Crippen LogP contribution is -2.41. The molecule has 7 nitrogen and oxygen atoms in total. The van der Waals surface area contributed by atoms with Gasteiger partial charge in [-0.1, -0.05) is 37.7 Å². The molecule has 0 saturated heterocycles. The highest BCUT2D eigenvalue weighted by Gasteiger charge is 2.28. The first kappa shape index (κ1) is 18.4. The van der Waals surface area contributed by atoms with Gasteiger partial charge in [-0.05, 0) is 30.9 Å². The second-order valence-electron chi connectivity index (χ2n) is 6.76. The van der Waals surface area contributed by atoms with Crippen LogP contribution in [0, 0.1) is 5.92 Å². The summed E-state index contributed by atoms with van der Waals surface area (Å²) < 4.78 is 1.68. The van der Waals surface area contributed by atoms with Gasteiger partial charge < -0.3 is 5.32 Å². The molecule has 1 fully saturated rings. The normalized spacial score (nSPS) is 13.8. The number of amides is 3. The Morgan fingerprint density at radius 1 is 1.31 bits per heavy atom. The van der Waals surface area contributed by atoms with Crippen molar-refractivity contribution in [2.24, 2.45) is 5.92 Å². The van der Waals surface area contributed by atoms with E-state index in [1.54, 1.807) is 16.7 Å². The molecule has 8 heteroatoms. The maximum absolute atomic E-state index is 12.7. The summed E-state index contributed by atoms with van der Waals surface area (Å²) in [4.78, 5) is 41.0. The van der Waals surface area contributed by atoms with Gasteiger partial charge >= 0.3 is 6.03 Å². The van der Waals surface area contributed by atoms with E-state index in [9.17, 15) is 14.4 Å². The molecule has 0 bridgehead atoms. The minimum absolute atomic E-state index is 0.0204. The smallest absolute Gasteiger partial charge is 0.321 e. The van der Waals surface area contributed by atoms with Crippen LogP contribution in [0.4, 0.5) is 4.79 Å². The van der Waals surface area contributed by atoms with Crippen LogP contribution in [0.1, 0.15) is 32.7 Å². The maximum atomic E-state index is 12.7. The van der Waals surface area contributed by atoms with Crippen LogP contribution >= 0.6 is 11.8 Å². The van der Waals surface area contributed by atoms with E-state index in [0.29, 0.717) is 28.5 Å². The van der Waals surface area contributed by atoms with Gasteiger partial charge in [0.25, 0.3) is 5.56 Å². The van der Waals surface area contributed by atoms with E-state index in [0.717, 1.165) is 12.8 Å². The zero-order chi connectivity index (χ0) is 18.7. The molecule has 1 aromatic heterocycles. The van der Waals surface area contributed by atoms with Gasteiger partial charge in [0.05, 0.1) is 16.7 Å². The van der Waals surface area contributed by atoms with Crippen molar-refractivity contribution in [2.45, 2.75) is 37.9 Å². The third kappa shape index (κ3) is 4.43. The second-order valence-corrected chi connectivity index (χ2v) is 7.70. The fourth-order valence-electron chi connectivity index (χ4n) is 2.52. The van der Waals surface area contributed by atoms with Gasteiger partial charge in [0, 0.05) is 12.6 Å². The van der Waals surface area contributed by atoms with Crippen molar-refractivity contribution < 1.29 is 9.59 Å². The van der Waals surface area contributed by atoms with Crippen LogP contribution in [0.15, 0.2) is 34.2 Å². The summed E-state index contributed by atoms with van der Waals surface area (Å²) in [5.41, 5.74) is 0.544. The van der Waals surface area contributed by atoms with Gasteiger partial charge in [-0.15, -0.1) is 0 Å². The second kappa shape index (κ2) is 7.90. The number of carbonyl (C=O) groups excluding carboxylic acids is 2. The first-order valence-electron chi connectivity index (χ1n) is 8.67. The molecule has 0 unspecified atom stereocenters. The molecule has 2 N–H and O–H groups in total. The number of rotatable bonds is 6. The summed E-state index contributed by atoms with van der Waals surface area (Å²) >= 11 is 1.18. The van der Waals surface area contributed by atoms with Crippen LogP contribution in [-0.2, 0) is 4.79 Å². The van der Waals surface area contributed by atoms with Gasteiger partial charge in [-0.2, -0.15) is 0 Å². The van der Waals surface area contributed by atoms with Crippen molar-refractivity contribution in [3.8, 4) is 0 Å². The Balaban J connectivity index is 1.70.